The molecule has 0 saturated carbocycles. The zero-order chi connectivity index (χ0) is 11.8. The second-order valence-electron chi connectivity index (χ2n) is 3.93. The van der Waals surface area contributed by atoms with Crippen LogP contribution in [0.4, 0.5) is 0 Å². The van der Waals surface area contributed by atoms with E-state index in [1.54, 1.807) is 6.20 Å². The number of aryl methyl sites for hydroxylation is 1. The highest BCUT2D eigenvalue weighted by molar-refractivity contribution is 6.30. The van der Waals surface area contributed by atoms with Crippen molar-refractivity contribution in [3.63, 3.8) is 0 Å². The highest BCUT2D eigenvalue weighted by atomic mass is 35.5. The number of imidazole rings is 1. The number of aromatic nitrogens is 4. The molecule has 6 heteroatoms. The molecule has 0 fully saturated rings. The van der Waals surface area contributed by atoms with E-state index in [1.165, 1.54) is 0 Å². The monoisotopic (exact) mass is 250 g/mol. The molecule has 2 aromatic rings. The topological polar surface area (TPSA) is 52.8 Å². The molecule has 88 valence electrons. The lowest BCUT2D eigenvalue weighted by Crippen LogP contribution is -2.14. The summed E-state index contributed by atoms with van der Waals surface area (Å²) in [7, 11) is 1.90. The lowest BCUT2D eigenvalue weighted by atomic mass is 10.1. The number of hydrogen-bond donors (Lipinski definition) is 0. The van der Waals surface area contributed by atoms with Gasteiger partial charge in [0.25, 0.3) is 0 Å². The van der Waals surface area contributed by atoms with Crippen molar-refractivity contribution in [2.24, 2.45) is 7.05 Å². The van der Waals surface area contributed by atoms with Crippen molar-refractivity contribution in [2.45, 2.75) is 13.0 Å². The van der Waals surface area contributed by atoms with E-state index in [9.17, 15) is 0 Å². The van der Waals surface area contributed by atoms with Gasteiger partial charge in [-0.15, -0.1) is 0 Å². The van der Waals surface area contributed by atoms with Crippen molar-refractivity contribution >= 4 is 11.6 Å². The molecule has 3 heterocycles. The summed E-state index contributed by atoms with van der Waals surface area (Å²) < 4.78 is 7.22. The van der Waals surface area contributed by atoms with E-state index in [2.05, 4.69) is 15.0 Å². The van der Waals surface area contributed by atoms with Crippen LogP contribution >= 0.6 is 11.6 Å². The molecule has 0 aromatic carbocycles. The van der Waals surface area contributed by atoms with E-state index in [4.69, 9.17) is 16.3 Å². The summed E-state index contributed by atoms with van der Waals surface area (Å²) in [6.45, 7) is 1.18. The normalized spacial score (nSPS) is 14.7. The van der Waals surface area contributed by atoms with E-state index in [1.807, 2.05) is 17.8 Å². The van der Waals surface area contributed by atoms with Gasteiger partial charge in [0.05, 0.1) is 18.9 Å². The molecule has 1 aliphatic rings. The summed E-state index contributed by atoms with van der Waals surface area (Å²) in [5.41, 5.74) is 1.87. The Morgan fingerprint density at radius 2 is 2.29 bits per heavy atom. The zero-order valence-electron chi connectivity index (χ0n) is 9.35. The molecule has 0 N–H and O–H groups in total. The number of rotatable bonds is 1. The Balaban J connectivity index is 2.14. The Morgan fingerprint density at radius 3 is 3.06 bits per heavy atom. The van der Waals surface area contributed by atoms with E-state index < -0.39 is 0 Å². The molecule has 5 nitrogen and oxygen atoms in total. The lowest BCUT2D eigenvalue weighted by Gasteiger charge is -2.16. The number of fused-ring (bicyclic) bond motifs is 1. The molecular weight excluding hydrogens is 240 g/mol. The van der Waals surface area contributed by atoms with Crippen molar-refractivity contribution < 1.29 is 4.74 Å². The minimum atomic E-state index is 0.465. The number of halogens is 1. The minimum absolute atomic E-state index is 0.465. The van der Waals surface area contributed by atoms with Crippen LogP contribution in [0, 0.1) is 0 Å². The minimum Gasteiger partial charge on any atom is -0.376 e. The first kappa shape index (κ1) is 10.7. The van der Waals surface area contributed by atoms with Crippen LogP contribution in [-0.4, -0.2) is 26.1 Å². The average Bonchev–Trinajstić information content (AvgIpc) is 2.75. The Kier molecular flexibility index (Phi) is 2.57. The van der Waals surface area contributed by atoms with Gasteiger partial charge in [-0.1, -0.05) is 11.6 Å². The summed E-state index contributed by atoms with van der Waals surface area (Å²) in [4.78, 5) is 13.0. The summed E-state index contributed by atoms with van der Waals surface area (Å²) in [6, 6.07) is 0. The Labute approximate surface area is 103 Å². The number of hydrogen-bond acceptors (Lipinski definition) is 4. The predicted octanol–water partition coefficient (Wildman–Crippen LogP) is 1.60. The molecule has 0 unspecified atom stereocenters. The molecule has 0 radical (unpaired) electrons. The summed E-state index contributed by atoms with van der Waals surface area (Å²) in [6.07, 6.45) is 4.35. The summed E-state index contributed by atoms with van der Waals surface area (Å²) in [5, 5.41) is 0.465. The molecule has 0 spiro atoms. The fourth-order valence-corrected chi connectivity index (χ4v) is 2.12. The second kappa shape index (κ2) is 4.09. The van der Waals surface area contributed by atoms with E-state index >= 15 is 0 Å². The first-order chi connectivity index (χ1) is 8.25. The maximum Gasteiger partial charge on any atom is 0.197 e. The van der Waals surface area contributed by atoms with Crippen LogP contribution in [0.3, 0.4) is 0 Å². The van der Waals surface area contributed by atoms with Crippen LogP contribution in [0.25, 0.3) is 11.6 Å². The third-order valence-corrected chi connectivity index (χ3v) is 3.11. The quantitative estimate of drug-likeness (QED) is 0.722. The Morgan fingerprint density at radius 1 is 1.41 bits per heavy atom. The lowest BCUT2D eigenvalue weighted by molar-refractivity contribution is 0.109. The maximum atomic E-state index is 6.15. The van der Waals surface area contributed by atoms with Crippen LogP contribution in [-0.2, 0) is 24.8 Å². The molecular formula is C11H11ClN4O. The molecule has 0 amide bonds. The third-order valence-electron chi connectivity index (χ3n) is 2.79. The van der Waals surface area contributed by atoms with Crippen LogP contribution in [0.15, 0.2) is 12.4 Å². The van der Waals surface area contributed by atoms with Crippen molar-refractivity contribution in [3.8, 4) is 11.6 Å². The van der Waals surface area contributed by atoms with Gasteiger partial charge in [0.2, 0.25) is 0 Å². The van der Waals surface area contributed by atoms with Gasteiger partial charge < -0.3 is 9.30 Å². The van der Waals surface area contributed by atoms with Gasteiger partial charge in [-0.2, -0.15) is 0 Å². The zero-order valence-corrected chi connectivity index (χ0v) is 10.1. The SMILES string of the molecule is Cn1ccnc1-c1nc(Cl)c2c(n1)CCOC2. The molecule has 0 aliphatic carbocycles. The van der Waals surface area contributed by atoms with Crippen molar-refractivity contribution in [1.29, 1.82) is 0 Å². The number of nitrogens with zero attached hydrogens (tertiary/aromatic N) is 4. The highest BCUT2D eigenvalue weighted by Gasteiger charge is 2.19. The van der Waals surface area contributed by atoms with Crippen LogP contribution in [0.2, 0.25) is 5.15 Å². The van der Waals surface area contributed by atoms with E-state index in [-0.39, 0.29) is 0 Å². The van der Waals surface area contributed by atoms with E-state index in [0.717, 1.165) is 23.5 Å². The highest BCUT2D eigenvalue weighted by Crippen LogP contribution is 2.24. The average molecular weight is 251 g/mol. The largest absolute Gasteiger partial charge is 0.376 e. The van der Waals surface area contributed by atoms with Gasteiger partial charge in [0.15, 0.2) is 11.6 Å². The molecule has 17 heavy (non-hydrogen) atoms. The standard InChI is InChI=1S/C11H11ClN4O/c1-16-4-3-13-11(16)10-14-8-2-5-17-6-7(8)9(12)15-10/h3-4H,2,5-6H2,1H3. The molecule has 1 aliphatic heterocycles. The maximum absolute atomic E-state index is 6.15. The van der Waals surface area contributed by atoms with Gasteiger partial charge in [-0.25, -0.2) is 15.0 Å². The molecule has 0 atom stereocenters. The smallest absolute Gasteiger partial charge is 0.197 e. The first-order valence-electron chi connectivity index (χ1n) is 5.36. The van der Waals surface area contributed by atoms with Crippen LogP contribution < -0.4 is 0 Å². The third kappa shape index (κ3) is 1.81. The molecule has 3 rings (SSSR count). The van der Waals surface area contributed by atoms with Gasteiger partial charge in [-0.3, -0.25) is 0 Å². The van der Waals surface area contributed by atoms with Crippen LogP contribution in [0.5, 0.6) is 0 Å². The van der Waals surface area contributed by atoms with Gasteiger partial charge in [0.1, 0.15) is 5.15 Å². The van der Waals surface area contributed by atoms with Crippen LogP contribution in [0.1, 0.15) is 11.3 Å². The molecule has 0 bridgehead atoms. The molecule has 2 aromatic heterocycles. The summed E-state index contributed by atoms with van der Waals surface area (Å²) >= 11 is 6.15. The van der Waals surface area contributed by atoms with Gasteiger partial charge in [-0.05, 0) is 0 Å². The fourth-order valence-electron chi connectivity index (χ4n) is 1.87. The fraction of sp³-hybridized carbons (Fsp3) is 0.364. The van der Waals surface area contributed by atoms with E-state index in [0.29, 0.717) is 24.2 Å². The Bertz CT molecular complexity index is 567. The predicted molar refractivity (Wildman–Crippen MR) is 62.6 cm³/mol. The van der Waals surface area contributed by atoms with Crippen molar-refractivity contribution in [3.05, 3.63) is 28.8 Å². The molecule has 0 saturated heterocycles. The first-order valence-corrected chi connectivity index (χ1v) is 5.74. The van der Waals surface area contributed by atoms with Gasteiger partial charge >= 0.3 is 0 Å². The summed E-state index contributed by atoms with van der Waals surface area (Å²) in [5.74, 6) is 1.30. The second-order valence-corrected chi connectivity index (χ2v) is 4.29. The van der Waals surface area contributed by atoms with Gasteiger partial charge in [0, 0.05) is 31.4 Å². The van der Waals surface area contributed by atoms with Crippen molar-refractivity contribution in [2.75, 3.05) is 6.61 Å². The van der Waals surface area contributed by atoms with Crippen molar-refractivity contribution in [1.82, 2.24) is 19.5 Å². The number of ether oxygens (including phenoxy) is 1. The Hall–Kier alpha value is -1.46.